The van der Waals surface area contributed by atoms with Gasteiger partial charge in [0, 0.05) is 24.6 Å². The van der Waals surface area contributed by atoms with Gasteiger partial charge < -0.3 is 10.6 Å². The third-order valence-corrected chi connectivity index (χ3v) is 4.73. The van der Waals surface area contributed by atoms with E-state index in [1.54, 1.807) is 0 Å². The Morgan fingerprint density at radius 1 is 1.09 bits per heavy atom. The Hall–Kier alpha value is -2.13. The average molecular weight is 308 g/mol. The van der Waals surface area contributed by atoms with Gasteiger partial charge in [0.2, 0.25) is 0 Å². The molecule has 0 aromatic heterocycles. The molecule has 120 valence electrons. The second-order valence-electron chi connectivity index (χ2n) is 6.60. The molecule has 1 fully saturated rings. The van der Waals surface area contributed by atoms with Crippen LogP contribution in [0.15, 0.2) is 48.5 Å². The molecule has 1 heterocycles. The Kier molecular flexibility index (Phi) is 4.49. The van der Waals surface area contributed by atoms with Crippen molar-refractivity contribution in [3.05, 3.63) is 70.8 Å². The summed E-state index contributed by atoms with van der Waals surface area (Å²) in [5, 5.41) is 0. The van der Waals surface area contributed by atoms with Gasteiger partial charge >= 0.3 is 0 Å². The molecule has 0 saturated carbocycles. The summed E-state index contributed by atoms with van der Waals surface area (Å²) in [7, 11) is 0. The van der Waals surface area contributed by atoms with Gasteiger partial charge in [0.15, 0.2) is 0 Å². The minimum atomic E-state index is 0.119. The van der Waals surface area contributed by atoms with Gasteiger partial charge in [-0.2, -0.15) is 0 Å². The lowest BCUT2D eigenvalue weighted by molar-refractivity contribution is 0.0786. The van der Waals surface area contributed by atoms with Crippen molar-refractivity contribution in [1.29, 1.82) is 0 Å². The predicted octanol–water partition coefficient (Wildman–Crippen LogP) is 3.12. The van der Waals surface area contributed by atoms with Gasteiger partial charge in [-0.1, -0.05) is 47.5 Å². The summed E-state index contributed by atoms with van der Waals surface area (Å²) in [4.78, 5) is 14.8. The first-order valence-electron chi connectivity index (χ1n) is 8.21. The fraction of sp³-hybridized carbons (Fsp3) is 0.350. The summed E-state index contributed by atoms with van der Waals surface area (Å²) in [6.07, 6.45) is 0. The highest BCUT2D eigenvalue weighted by atomic mass is 16.2. The largest absolute Gasteiger partial charge is 0.338 e. The highest BCUT2D eigenvalue weighted by molar-refractivity contribution is 5.95. The third kappa shape index (κ3) is 3.30. The summed E-state index contributed by atoms with van der Waals surface area (Å²) in [6.45, 7) is 6.15. The van der Waals surface area contributed by atoms with E-state index in [0.717, 1.165) is 29.8 Å². The van der Waals surface area contributed by atoms with E-state index in [-0.39, 0.29) is 5.91 Å². The van der Waals surface area contributed by atoms with Crippen LogP contribution >= 0.6 is 0 Å². The van der Waals surface area contributed by atoms with Gasteiger partial charge in [0.25, 0.3) is 5.91 Å². The number of carbonyl (C=O) groups excluding carboxylic acids is 1. The van der Waals surface area contributed by atoms with Gasteiger partial charge in [-0.25, -0.2) is 0 Å². The zero-order valence-electron chi connectivity index (χ0n) is 13.8. The van der Waals surface area contributed by atoms with E-state index in [4.69, 9.17) is 5.73 Å². The molecule has 2 N–H and O–H groups in total. The Balaban J connectivity index is 1.83. The minimum absolute atomic E-state index is 0.119. The molecule has 1 amide bonds. The van der Waals surface area contributed by atoms with Gasteiger partial charge in [0.1, 0.15) is 0 Å². The third-order valence-electron chi connectivity index (χ3n) is 4.73. The van der Waals surface area contributed by atoms with Crippen LogP contribution in [-0.4, -0.2) is 30.4 Å². The van der Waals surface area contributed by atoms with Crippen LogP contribution in [0.25, 0.3) is 0 Å². The molecule has 1 aliphatic heterocycles. The zero-order chi connectivity index (χ0) is 16.4. The number of aryl methyl sites for hydroxylation is 2. The molecular formula is C20H24N2O. The van der Waals surface area contributed by atoms with Crippen molar-refractivity contribution in [3.8, 4) is 0 Å². The molecule has 1 aliphatic rings. The van der Waals surface area contributed by atoms with Gasteiger partial charge in [-0.15, -0.1) is 0 Å². The maximum absolute atomic E-state index is 12.9. The molecule has 3 nitrogen and oxygen atoms in total. The molecule has 0 bridgehead atoms. The molecular weight excluding hydrogens is 284 g/mol. The highest BCUT2D eigenvalue weighted by Crippen LogP contribution is 2.32. The van der Waals surface area contributed by atoms with Crippen LogP contribution in [0.3, 0.4) is 0 Å². The van der Waals surface area contributed by atoms with Crippen molar-refractivity contribution >= 4 is 5.91 Å². The van der Waals surface area contributed by atoms with E-state index in [9.17, 15) is 4.79 Å². The van der Waals surface area contributed by atoms with E-state index < -0.39 is 0 Å². The molecule has 3 rings (SSSR count). The van der Waals surface area contributed by atoms with E-state index in [1.165, 1.54) is 5.56 Å². The number of rotatable bonds is 3. The minimum Gasteiger partial charge on any atom is -0.338 e. The molecule has 0 aliphatic carbocycles. The molecule has 2 atom stereocenters. The lowest BCUT2D eigenvalue weighted by atomic mass is 9.89. The van der Waals surface area contributed by atoms with Gasteiger partial charge in [0.05, 0.1) is 0 Å². The van der Waals surface area contributed by atoms with Crippen LogP contribution < -0.4 is 5.73 Å². The maximum atomic E-state index is 12.9. The quantitative estimate of drug-likeness (QED) is 0.947. The molecule has 0 radical (unpaired) electrons. The number of nitrogens with two attached hydrogens (primary N) is 1. The smallest absolute Gasteiger partial charge is 0.253 e. The second-order valence-corrected chi connectivity index (χ2v) is 6.60. The van der Waals surface area contributed by atoms with Crippen molar-refractivity contribution in [1.82, 2.24) is 4.90 Å². The van der Waals surface area contributed by atoms with Crippen molar-refractivity contribution < 1.29 is 4.79 Å². The highest BCUT2D eigenvalue weighted by Gasteiger charge is 2.35. The Morgan fingerprint density at radius 2 is 1.74 bits per heavy atom. The van der Waals surface area contributed by atoms with Crippen LogP contribution in [0.1, 0.15) is 33.0 Å². The summed E-state index contributed by atoms with van der Waals surface area (Å²) >= 11 is 0. The van der Waals surface area contributed by atoms with Crippen LogP contribution in [-0.2, 0) is 0 Å². The number of benzene rings is 2. The first-order chi connectivity index (χ1) is 11.1. The molecule has 3 heteroatoms. The molecule has 0 unspecified atom stereocenters. The number of carbonyl (C=O) groups is 1. The Morgan fingerprint density at radius 3 is 2.35 bits per heavy atom. The monoisotopic (exact) mass is 308 g/mol. The molecule has 1 saturated heterocycles. The number of amides is 1. The summed E-state index contributed by atoms with van der Waals surface area (Å²) < 4.78 is 0. The molecule has 0 spiro atoms. The lowest BCUT2D eigenvalue weighted by Gasteiger charge is -2.17. The standard InChI is InChI=1S/C20H24N2O/c1-14-8-15(2)10-17(9-14)20(23)22-12-18(11-21)19(13-22)16-6-4-3-5-7-16/h3-10,18-19H,11-13,21H2,1-2H3/t18-,19+/m1/s1. The van der Waals surface area contributed by atoms with Crippen molar-refractivity contribution in [2.75, 3.05) is 19.6 Å². The number of hydrogen-bond acceptors (Lipinski definition) is 2. The number of likely N-dealkylation sites (tertiary alicyclic amines) is 1. The zero-order valence-corrected chi connectivity index (χ0v) is 13.8. The van der Waals surface area contributed by atoms with Crippen molar-refractivity contribution in [2.45, 2.75) is 19.8 Å². The lowest BCUT2D eigenvalue weighted by Crippen LogP contribution is -2.30. The van der Waals surface area contributed by atoms with E-state index >= 15 is 0 Å². The van der Waals surface area contributed by atoms with Crippen LogP contribution in [0, 0.1) is 19.8 Å². The first kappa shape index (κ1) is 15.8. The van der Waals surface area contributed by atoms with Crippen LogP contribution in [0.4, 0.5) is 0 Å². The predicted molar refractivity (Wildman–Crippen MR) is 93.5 cm³/mol. The first-order valence-corrected chi connectivity index (χ1v) is 8.21. The van der Waals surface area contributed by atoms with Gasteiger partial charge in [-0.05, 0) is 44.0 Å². The topological polar surface area (TPSA) is 46.3 Å². The maximum Gasteiger partial charge on any atom is 0.253 e. The number of nitrogens with zero attached hydrogens (tertiary/aromatic N) is 1. The van der Waals surface area contributed by atoms with Gasteiger partial charge in [-0.3, -0.25) is 4.79 Å². The summed E-state index contributed by atoms with van der Waals surface area (Å²) in [5.74, 6) is 0.775. The van der Waals surface area contributed by atoms with Crippen LogP contribution in [0.5, 0.6) is 0 Å². The van der Waals surface area contributed by atoms with E-state index in [1.807, 2.05) is 36.9 Å². The SMILES string of the molecule is Cc1cc(C)cc(C(=O)N2C[C@@H](CN)[C@H](c3ccccc3)C2)c1. The van der Waals surface area contributed by atoms with Crippen LogP contribution in [0.2, 0.25) is 0 Å². The second kappa shape index (κ2) is 6.55. The number of hydrogen-bond donors (Lipinski definition) is 1. The fourth-order valence-corrected chi connectivity index (χ4v) is 3.63. The fourth-order valence-electron chi connectivity index (χ4n) is 3.63. The molecule has 23 heavy (non-hydrogen) atoms. The normalized spacial score (nSPS) is 20.7. The average Bonchev–Trinajstić information content (AvgIpc) is 2.98. The Labute approximate surface area is 138 Å². The molecule has 2 aromatic rings. The van der Waals surface area contributed by atoms with Crippen molar-refractivity contribution in [2.24, 2.45) is 11.7 Å². The molecule has 2 aromatic carbocycles. The van der Waals surface area contributed by atoms with Crippen molar-refractivity contribution in [3.63, 3.8) is 0 Å². The van der Waals surface area contributed by atoms with E-state index in [0.29, 0.717) is 18.4 Å². The summed E-state index contributed by atoms with van der Waals surface area (Å²) in [5.41, 5.74) is 10.3. The van der Waals surface area contributed by atoms with E-state index in [2.05, 4.69) is 30.3 Å². The summed E-state index contributed by atoms with van der Waals surface area (Å²) in [6, 6.07) is 16.4. The Bertz CT molecular complexity index is 676.